The third-order valence-electron chi connectivity index (χ3n) is 7.17. The van der Waals surface area contributed by atoms with Gasteiger partial charge in [-0.15, -0.1) is 11.8 Å². The predicted molar refractivity (Wildman–Crippen MR) is 98.6 cm³/mol. The Balaban J connectivity index is 1.57. The standard InChI is InChI=1S/C18H20N2O5S2/c1-5(16(23)24)20-14(21)8-6-4-7(9(8)15(20)22)11-10(6)18(2,3)12-13(26-11)19-17(25)27-12/h5-11H,4H2,1-3H3,(H,19,25)(H,23,24)/t5-,6+,7+,8+,9+,10-,11-/m1/s1. The smallest absolute Gasteiger partial charge is 0.326 e. The first-order chi connectivity index (χ1) is 12.6. The van der Waals surface area contributed by atoms with Gasteiger partial charge in [0.25, 0.3) is 0 Å². The highest BCUT2D eigenvalue weighted by Crippen LogP contribution is 2.68. The maximum Gasteiger partial charge on any atom is 0.326 e. The van der Waals surface area contributed by atoms with E-state index in [0.717, 1.165) is 21.2 Å². The molecule has 2 aliphatic carbocycles. The van der Waals surface area contributed by atoms with Crippen LogP contribution in [0.15, 0.2) is 9.82 Å². The summed E-state index contributed by atoms with van der Waals surface area (Å²) in [6.07, 6.45) is 0.826. The molecule has 2 bridgehead atoms. The summed E-state index contributed by atoms with van der Waals surface area (Å²) < 4.78 is 0. The molecular formula is C18H20N2O5S2. The van der Waals surface area contributed by atoms with E-state index >= 15 is 0 Å². The van der Waals surface area contributed by atoms with Crippen LogP contribution in [0.25, 0.3) is 0 Å². The van der Waals surface area contributed by atoms with Crippen molar-refractivity contribution in [2.75, 3.05) is 0 Å². The number of aliphatic carboxylic acids is 1. The molecule has 0 spiro atoms. The Morgan fingerprint density at radius 3 is 2.48 bits per heavy atom. The highest BCUT2D eigenvalue weighted by atomic mass is 32.2. The number of carbonyl (C=O) groups is 3. The third-order valence-corrected chi connectivity index (χ3v) is 9.98. The van der Waals surface area contributed by atoms with Crippen LogP contribution in [0.3, 0.4) is 0 Å². The van der Waals surface area contributed by atoms with E-state index < -0.39 is 23.8 Å². The van der Waals surface area contributed by atoms with Crippen LogP contribution >= 0.6 is 23.1 Å². The van der Waals surface area contributed by atoms with Crippen molar-refractivity contribution in [3.63, 3.8) is 0 Å². The largest absolute Gasteiger partial charge is 0.480 e. The number of carboxylic acid groups (broad SMARTS) is 1. The average Bonchev–Trinajstić information content (AvgIpc) is 3.29. The van der Waals surface area contributed by atoms with Crippen molar-refractivity contribution >= 4 is 40.9 Å². The molecule has 27 heavy (non-hydrogen) atoms. The zero-order valence-corrected chi connectivity index (χ0v) is 16.7. The van der Waals surface area contributed by atoms with E-state index in [0.29, 0.717) is 0 Å². The van der Waals surface area contributed by atoms with Gasteiger partial charge < -0.3 is 10.1 Å². The number of carbonyl (C=O) groups excluding carboxylic acids is 2. The Morgan fingerprint density at radius 2 is 1.85 bits per heavy atom. The number of hydrogen-bond acceptors (Lipinski definition) is 6. The number of likely N-dealkylation sites (tertiary alicyclic amines) is 1. The molecule has 2 amide bonds. The molecule has 2 aliphatic heterocycles. The maximum absolute atomic E-state index is 13.0. The van der Waals surface area contributed by atoms with Crippen molar-refractivity contribution in [3.8, 4) is 0 Å². The van der Waals surface area contributed by atoms with Crippen LogP contribution < -0.4 is 4.87 Å². The number of rotatable bonds is 2. The summed E-state index contributed by atoms with van der Waals surface area (Å²) in [5.74, 6) is -2.33. The first-order valence-corrected chi connectivity index (χ1v) is 10.8. The summed E-state index contributed by atoms with van der Waals surface area (Å²) in [6.45, 7) is 5.65. The molecule has 7 nitrogen and oxygen atoms in total. The number of nitrogens with one attached hydrogen (secondary N) is 1. The van der Waals surface area contributed by atoms with Crippen molar-refractivity contribution in [3.05, 3.63) is 14.5 Å². The normalized spacial score (nSPS) is 39.3. The predicted octanol–water partition coefficient (Wildman–Crippen LogP) is 1.53. The Morgan fingerprint density at radius 1 is 1.22 bits per heavy atom. The number of carboxylic acids is 1. The fraction of sp³-hybridized carbons (Fsp3) is 0.667. The second kappa shape index (κ2) is 5.26. The number of thiazole rings is 1. The van der Waals surface area contributed by atoms with Gasteiger partial charge in [0.1, 0.15) is 6.04 Å². The number of H-pyrrole nitrogens is 1. The minimum Gasteiger partial charge on any atom is -0.480 e. The fourth-order valence-corrected chi connectivity index (χ4v) is 9.32. The molecule has 0 radical (unpaired) electrons. The summed E-state index contributed by atoms with van der Waals surface area (Å²) in [5.41, 5.74) is -0.255. The van der Waals surface area contributed by atoms with Gasteiger partial charge in [-0.2, -0.15) is 0 Å². The average molecular weight is 409 g/mol. The summed E-state index contributed by atoms with van der Waals surface area (Å²) in [6, 6.07) is -1.13. The van der Waals surface area contributed by atoms with E-state index in [1.54, 1.807) is 11.8 Å². The lowest BCUT2D eigenvalue weighted by atomic mass is 9.64. The van der Waals surface area contributed by atoms with Crippen molar-refractivity contribution < 1.29 is 19.5 Å². The highest BCUT2D eigenvalue weighted by Gasteiger charge is 2.71. The molecule has 7 atom stereocenters. The second-order valence-electron chi connectivity index (χ2n) is 8.68. The Kier molecular flexibility index (Phi) is 3.40. The molecule has 5 rings (SSSR count). The van der Waals surface area contributed by atoms with E-state index in [-0.39, 0.29) is 45.1 Å². The lowest BCUT2D eigenvalue weighted by molar-refractivity contribution is -0.154. The van der Waals surface area contributed by atoms with Crippen LogP contribution in [0, 0.1) is 29.6 Å². The van der Waals surface area contributed by atoms with Gasteiger partial charge in [0.05, 0.1) is 16.9 Å². The van der Waals surface area contributed by atoms with E-state index in [2.05, 4.69) is 18.8 Å². The molecule has 3 heterocycles. The van der Waals surface area contributed by atoms with E-state index in [1.807, 2.05) is 0 Å². The molecule has 9 heteroatoms. The van der Waals surface area contributed by atoms with Crippen LogP contribution in [0.2, 0.25) is 0 Å². The molecule has 0 unspecified atom stereocenters. The molecule has 1 aromatic heterocycles. The maximum atomic E-state index is 13.0. The molecule has 1 saturated heterocycles. The molecule has 2 saturated carbocycles. The van der Waals surface area contributed by atoms with Gasteiger partial charge in [-0.25, -0.2) is 4.79 Å². The van der Waals surface area contributed by atoms with Crippen LogP contribution in [-0.2, 0) is 19.8 Å². The monoisotopic (exact) mass is 408 g/mol. The highest BCUT2D eigenvalue weighted by molar-refractivity contribution is 8.00. The first kappa shape index (κ1) is 17.5. The van der Waals surface area contributed by atoms with Crippen molar-refractivity contribution in [2.45, 2.75) is 48.9 Å². The molecule has 3 fully saturated rings. The van der Waals surface area contributed by atoms with Gasteiger partial charge in [-0.3, -0.25) is 19.3 Å². The van der Waals surface area contributed by atoms with E-state index in [4.69, 9.17) is 0 Å². The van der Waals surface area contributed by atoms with Crippen LogP contribution in [0.5, 0.6) is 0 Å². The van der Waals surface area contributed by atoms with Crippen molar-refractivity contribution in [1.29, 1.82) is 0 Å². The fourth-order valence-electron chi connectivity index (χ4n) is 6.17. The first-order valence-electron chi connectivity index (χ1n) is 9.14. The van der Waals surface area contributed by atoms with Crippen molar-refractivity contribution in [1.82, 2.24) is 9.88 Å². The molecule has 1 aromatic rings. The lowest BCUT2D eigenvalue weighted by Crippen LogP contribution is -2.48. The summed E-state index contributed by atoms with van der Waals surface area (Å²) in [7, 11) is 0. The molecular weight excluding hydrogens is 388 g/mol. The zero-order chi connectivity index (χ0) is 19.4. The SMILES string of the molecule is C[C@H](C(=O)O)N1C(=O)[C@H]2[C@@H]3C[C@@H]([C@@H]2C1=O)[C@@H]1[C@@H]3Sc2[nH]c(=O)sc2C1(C)C. The summed E-state index contributed by atoms with van der Waals surface area (Å²) in [4.78, 5) is 54.2. The minimum atomic E-state index is -1.16. The topological polar surface area (TPSA) is 108 Å². The van der Waals surface area contributed by atoms with E-state index in [9.17, 15) is 24.3 Å². The quantitative estimate of drug-likeness (QED) is 0.719. The number of aromatic nitrogens is 1. The number of hydrogen-bond donors (Lipinski definition) is 2. The van der Waals surface area contributed by atoms with Gasteiger partial charge in [0, 0.05) is 15.5 Å². The van der Waals surface area contributed by atoms with Crippen LogP contribution in [0.1, 0.15) is 32.1 Å². The minimum absolute atomic E-state index is 0.0493. The molecule has 144 valence electrons. The van der Waals surface area contributed by atoms with Crippen molar-refractivity contribution in [2.24, 2.45) is 29.6 Å². The summed E-state index contributed by atoms with van der Waals surface area (Å²) in [5, 5.41) is 10.4. The number of amides is 2. The van der Waals surface area contributed by atoms with Gasteiger partial charge in [-0.05, 0) is 31.1 Å². The van der Waals surface area contributed by atoms with Crippen LogP contribution in [-0.4, -0.2) is 44.1 Å². The Labute approximate surface area is 163 Å². The van der Waals surface area contributed by atoms with E-state index in [1.165, 1.54) is 18.3 Å². The second-order valence-corrected chi connectivity index (χ2v) is 10.8. The van der Waals surface area contributed by atoms with Gasteiger partial charge in [-0.1, -0.05) is 25.2 Å². The molecule has 2 N–H and O–H groups in total. The third kappa shape index (κ3) is 1.99. The Bertz CT molecular complexity index is 950. The number of thioether (sulfide) groups is 1. The lowest BCUT2D eigenvalue weighted by Gasteiger charge is -2.47. The number of imide groups is 1. The number of nitrogens with zero attached hydrogens (tertiary/aromatic N) is 1. The summed E-state index contributed by atoms with van der Waals surface area (Å²) >= 11 is 2.88. The zero-order valence-electron chi connectivity index (χ0n) is 15.1. The van der Waals surface area contributed by atoms with Gasteiger partial charge in [0.15, 0.2) is 0 Å². The number of aromatic amines is 1. The van der Waals surface area contributed by atoms with Gasteiger partial charge >= 0.3 is 10.8 Å². The molecule has 4 aliphatic rings. The van der Waals surface area contributed by atoms with Crippen LogP contribution in [0.4, 0.5) is 0 Å². The Hall–Kier alpha value is -1.61. The van der Waals surface area contributed by atoms with Gasteiger partial charge in [0.2, 0.25) is 11.8 Å². The number of fused-ring (bicyclic) bond motifs is 9. The molecule has 0 aromatic carbocycles.